The van der Waals surface area contributed by atoms with Gasteiger partial charge in [0, 0.05) is 19.6 Å². The lowest BCUT2D eigenvalue weighted by Crippen LogP contribution is -2.37. The predicted molar refractivity (Wildman–Crippen MR) is 75.5 cm³/mol. The molecule has 20 heavy (non-hydrogen) atoms. The molecule has 1 fully saturated rings. The molecule has 0 radical (unpaired) electrons. The second kappa shape index (κ2) is 5.90. The van der Waals surface area contributed by atoms with E-state index in [1.54, 1.807) is 25.1 Å². The van der Waals surface area contributed by atoms with Gasteiger partial charge in [-0.15, -0.1) is 0 Å². The number of nitrogens with two attached hydrogens (primary N) is 1. The molecule has 1 amide bonds. The van der Waals surface area contributed by atoms with E-state index in [1.165, 1.54) is 4.31 Å². The highest BCUT2D eigenvalue weighted by molar-refractivity contribution is 7.89. The summed E-state index contributed by atoms with van der Waals surface area (Å²) in [6.45, 7) is 2.84. The van der Waals surface area contributed by atoms with Crippen molar-refractivity contribution >= 4 is 15.9 Å². The number of nitrogens with one attached hydrogen (secondary N) is 1. The minimum atomic E-state index is -3.64. The lowest BCUT2D eigenvalue weighted by molar-refractivity contribution is -0.120. The van der Waals surface area contributed by atoms with Gasteiger partial charge in [0.25, 0.3) is 0 Å². The molecule has 1 heterocycles. The molecule has 0 unspecified atom stereocenters. The minimum Gasteiger partial charge on any atom is -0.355 e. The van der Waals surface area contributed by atoms with Crippen LogP contribution in [0.3, 0.4) is 0 Å². The summed E-state index contributed by atoms with van der Waals surface area (Å²) in [7, 11) is -3.64. The van der Waals surface area contributed by atoms with Gasteiger partial charge in [0.15, 0.2) is 0 Å². The first kappa shape index (κ1) is 15.0. The minimum absolute atomic E-state index is 0.125. The maximum Gasteiger partial charge on any atom is 0.243 e. The average molecular weight is 297 g/mol. The van der Waals surface area contributed by atoms with Gasteiger partial charge in [0.2, 0.25) is 15.9 Å². The number of carbonyl (C=O) groups is 1. The highest BCUT2D eigenvalue weighted by atomic mass is 32.2. The van der Waals surface area contributed by atoms with Crippen LogP contribution in [0, 0.1) is 6.92 Å². The monoisotopic (exact) mass is 297 g/mol. The molecule has 0 bridgehead atoms. The summed E-state index contributed by atoms with van der Waals surface area (Å²) in [5, 5.41) is 2.67. The van der Waals surface area contributed by atoms with Crippen LogP contribution >= 0.6 is 0 Å². The zero-order valence-corrected chi connectivity index (χ0v) is 12.2. The van der Waals surface area contributed by atoms with E-state index in [0.717, 1.165) is 5.56 Å². The summed E-state index contributed by atoms with van der Waals surface area (Å²) in [5.41, 5.74) is 7.08. The van der Waals surface area contributed by atoms with Crippen molar-refractivity contribution < 1.29 is 13.2 Å². The van der Waals surface area contributed by atoms with Crippen molar-refractivity contribution in [3.8, 4) is 0 Å². The molecule has 1 aliphatic rings. The maximum atomic E-state index is 12.6. The number of rotatable bonds is 3. The van der Waals surface area contributed by atoms with Crippen molar-refractivity contribution in [2.45, 2.75) is 24.8 Å². The van der Waals surface area contributed by atoms with Gasteiger partial charge in [-0.05, 0) is 30.5 Å². The standard InChI is InChI=1S/C13H19N3O3S/c1-10-7-11(8-14)3-4-12(10)20(18,19)16-6-2-5-15-13(17)9-16/h3-4,7H,2,5-6,8-9,14H2,1H3,(H,15,17). The Morgan fingerprint density at radius 2 is 2.15 bits per heavy atom. The molecule has 1 aliphatic heterocycles. The second-order valence-corrected chi connectivity index (χ2v) is 6.75. The maximum absolute atomic E-state index is 12.6. The van der Waals surface area contributed by atoms with Crippen molar-refractivity contribution in [2.24, 2.45) is 5.73 Å². The Morgan fingerprint density at radius 1 is 1.40 bits per heavy atom. The molecule has 7 heteroatoms. The smallest absolute Gasteiger partial charge is 0.243 e. The number of nitrogens with zero attached hydrogens (tertiary/aromatic N) is 1. The van der Waals surface area contributed by atoms with Crippen LogP contribution in [0.2, 0.25) is 0 Å². The van der Waals surface area contributed by atoms with Crippen molar-refractivity contribution in [3.05, 3.63) is 29.3 Å². The zero-order valence-electron chi connectivity index (χ0n) is 11.4. The largest absolute Gasteiger partial charge is 0.355 e. The average Bonchev–Trinajstić information content (AvgIpc) is 2.63. The summed E-state index contributed by atoms with van der Waals surface area (Å²) in [6.07, 6.45) is 0.616. The van der Waals surface area contributed by atoms with Crippen LogP contribution in [0.5, 0.6) is 0 Å². The first-order chi connectivity index (χ1) is 9.45. The Hall–Kier alpha value is -1.44. The fourth-order valence-electron chi connectivity index (χ4n) is 2.25. The van der Waals surface area contributed by atoms with Crippen LogP contribution in [0.25, 0.3) is 0 Å². The summed E-state index contributed by atoms with van der Waals surface area (Å²) >= 11 is 0. The number of hydrogen-bond acceptors (Lipinski definition) is 4. The highest BCUT2D eigenvalue weighted by Gasteiger charge is 2.29. The van der Waals surface area contributed by atoms with Crippen LogP contribution in [0.1, 0.15) is 17.5 Å². The molecule has 1 saturated heterocycles. The molecule has 0 saturated carbocycles. The highest BCUT2D eigenvalue weighted by Crippen LogP contribution is 2.21. The Labute approximate surface area is 119 Å². The molecule has 2 rings (SSSR count). The third-order valence-electron chi connectivity index (χ3n) is 3.32. The van der Waals surface area contributed by atoms with Crippen molar-refractivity contribution in [1.82, 2.24) is 9.62 Å². The van der Waals surface area contributed by atoms with Crippen LogP contribution < -0.4 is 11.1 Å². The number of benzene rings is 1. The van der Waals surface area contributed by atoms with Gasteiger partial charge in [0.05, 0.1) is 11.4 Å². The van der Waals surface area contributed by atoms with Crippen LogP contribution in [-0.2, 0) is 21.4 Å². The zero-order chi connectivity index (χ0) is 14.8. The molecule has 0 atom stereocenters. The fourth-order valence-corrected chi connectivity index (χ4v) is 3.89. The van der Waals surface area contributed by atoms with E-state index in [9.17, 15) is 13.2 Å². The lowest BCUT2D eigenvalue weighted by atomic mass is 10.1. The number of aryl methyl sites for hydroxylation is 1. The lowest BCUT2D eigenvalue weighted by Gasteiger charge is -2.20. The van der Waals surface area contributed by atoms with Gasteiger partial charge in [-0.3, -0.25) is 4.79 Å². The first-order valence-corrected chi connectivity index (χ1v) is 7.95. The molecule has 6 nitrogen and oxygen atoms in total. The Kier molecular flexibility index (Phi) is 4.42. The van der Waals surface area contributed by atoms with E-state index >= 15 is 0 Å². The third-order valence-corrected chi connectivity index (χ3v) is 5.32. The molecule has 110 valence electrons. The molecular formula is C13H19N3O3S. The van der Waals surface area contributed by atoms with Gasteiger partial charge in [0.1, 0.15) is 0 Å². The molecule has 0 aliphatic carbocycles. The Balaban J connectivity index is 2.36. The fraction of sp³-hybridized carbons (Fsp3) is 0.462. The molecule has 1 aromatic carbocycles. The number of hydrogen-bond donors (Lipinski definition) is 2. The Morgan fingerprint density at radius 3 is 2.80 bits per heavy atom. The number of carbonyl (C=O) groups excluding carboxylic acids is 1. The summed E-state index contributed by atoms with van der Waals surface area (Å²) < 4.78 is 26.5. The van der Waals surface area contributed by atoms with Gasteiger partial charge in [-0.25, -0.2) is 8.42 Å². The quantitative estimate of drug-likeness (QED) is 0.819. The first-order valence-electron chi connectivity index (χ1n) is 6.51. The van der Waals surface area contributed by atoms with Crippen molar-refractivity contribution in [2.75, 3.05) is 19.6 Å². The van der Waals surface area contributed by atoms with Crippen LogP contribution in [-0.4, -0.2) is 38.3 Å². The second-order valence-electron chi connectivity index (χ2n) is 4.85. The third kappa shape index (κ3) is 3.00. The van der Waals surface area contributed by atoms with Gasteiger partial charge >= 0.3 is 0 Å². The van der Waals surface area contributed by atoms with E-state index < -0.39 is 10.0 Å². The summed E-state index contributed by atoms with van der Waals surface area (Å²) in [6, 6.07) is 5.04. The molecule has 0 spiro atoms. The van der Waals surface area contributed by atoms with Crippen molar-refractivity contribution in [1.29, 1.82) is 0 Å². The molecule has 3 N–H and O–H groups in total. The molecular weight excluding hydrogens is 278 g/mol. The predicted octanol–water partition coefficient (Wildman–Crippen LogP) is -0.0357. The van der Waals surface area contributed by atoms with E-state index in [-0.39, 0.29) is 17.3 Å². The van der Waals surface area contributed by atoms with Gasteiger partial charge in [-0.2, -0.15) is 4.31 Å². The van der Waals surface area contributed by atoms with Crippen molar-refractivity contribution in [3.63, 3.8) is 0 Å². The SMILES string of the molecule is Cc1cc(CN)ccc1S(=O)(=O)N1CCCNC(=O)C1. The van der Waals surface area contributed by atoms with Gasteiger partial charge in [-0.1, -0.05) is 12.1 Å². The van der Waals surface area contributed by atoms with Crippen LogP contribution in [0.4, 0.5) is 0 Å². The van der Waals surface area contributed by atoms with Gasteiger partial charge < -0.3 is 11.1 Å². The van der Waals surface area contributed by atoms with E-state index in [0.29, 0.717) is 31.6 Å². The number of sulfonamides is 1. The molecule has 0 aromatic heterocycles. The van der Waals surface area contributed by atoms with E-state index in [2.05, 4.69) is 5.32 Å². The van der Waals surface area contributed by atoms with E-state index in [1.807, 2.05) is 0 Å². The number of amides is 1. The van der Waals surface area contributed by atoms with Crippen LogP contribution in [0.15, 0.2) is 23.1 Å². The topological polar surface area (TPSA) is 92.5 Å². The molecule has 1 aromatic rings. The summed E-state index contributed by atoms with van der Waals surface area (Å²) in [4.78, 5) is 11.8. The van der Waals surface area contributed by atoms with E-state index in [4.69, 9.17) is 5.73 Å². The normalized spacial score (nSPS) is 17.6. The summed E-state index contributed by atoms with van der Waals surface area (Å²) in [5.74, 6) is -0.262. The Bertz CT molecular complexity index is 613.